The zero-order chi connectivity index (χ0) is 27.8. The minimum Gasteiger partial charge on any atom is -1.00 e. The van der Waals surface area contributed by atoms with Crippen LogP contribution in [0.5, 0.6) is 11.5 Å². The second-order valence-electron chi connectivity index (χ2n) is 11.1. The van der Waals surface area contributed by atoms with E-state index < -0.39 is 0 Å². The molecule has 0 aromatic heterocycles. The number of benzene rings is 4. The molecular formula is C34H36Cl2N2O2Zr. The SMILES string of the molecule is CC(C)(C)c1cccc(C=Nc2ccccc2)c1[O-].CC(C)(C)c1cccc(C=Nc2ccccc2)c1[O-].[Cl-].[Cl-].[Zr+4]. The van der Waals surface area contributed by atoms with Crippen molar-refractivity contribution in [1.29, 1.82) is 0 Å². The Morgan fingerprint density at radius 1 is 0.488 bits per heavy atom. The molecule has 0 spiro atoms. The molecule has 0 saturated heterocycles. The van der Waals surface area contributed by atoms with E-state index in [1.54, 1.807) is 12.4 Å². The van der Waals surface area contributed by atoms with Gasteiger partial charge in [0.05, 0.1) is 11.4 Å². The summed E-state index contributed by atoms with van der Waals surface area (Å²) in [6, 6.07) is 30.5. The summed E-state index contributed by atoms with van der Waals surface area (Å²) in [5.74, 6) is 0.129. The quantitative estimate of drug-likeness (QED) is 0.311. The topological polar surface area (TPSA) is 70.8 Å². The number of nitrogens with zero attached hydrogens (tertiary/aromatic N) is 2. The van der Waals surface area contributed by atoms with Crippen LogP contribution in [0.3, 0.4) is 0 Å². The summed E-state index contributed by atoms with van der Waals surface area (Å²) < 4.78 is 0. The second kappa shape index (κ2) is 17.3. The Morgan fingerprint density at radius 3 is 1.10 bits per heavy atom. The first-order valence-corrected chi connectivity index (χ1v) is 12.8. The smallest absolute Gasteiger partial charge is 1.00 e. The Morgan fingerprint density at radius 2 is 0.805 bits per heavy atom. The molecule has 0 fully saturated rings. The molecular weight excluding hydrogens is 631 g/mol. The van der Waals surface area contributed by atoms with Gasteiger partial charge in [-0.25, -0.2) is 0 Å². The molecule has 0 aliphatic heterocycles. The minimum absolute atomic E-state index is 0. The van der Waals surface area contributed by atoms with E-state index in [1.165, 1.54) is 0 Å². The van der Waals surface area contributed by atoms with Crippen LogP contribution in [-0.2, 0) is 37.0 Å². The van der Waals surface area contributed by atoms with Crippen molar-refractivity contribution in [2.75, 3.05) is 0 Å². The third-order valence-corrected chi connectivity index (χ3v) is 5.92. The van der Waals surface area contributed by atoms with E-state index in [-0.39, 0.29) is 73.3 Å². The number of para-hydroxylation sites is 4. The molecule has 4 aromatic carbocycles. The van der Waals surface area contributed by atoms with Crippen molar-refractivity contribution in [3.8, 4) is 11.5 Å². The summed E-state index contributed by atoms with van der Waals surface area (Å²) in [7, 11) is 0. The Bertz CT molecular complexity index is 1290. The van der Waals surface area contributed by atoms with Crippen LogP contribution in [0.1, 0.15) is 63.8 Å². The van der Waals surface area contributed by atoms with E-state index in [2.05, 4.69) is 9.98 Å². The van der Waals surface area contributed by atoms with Gasteiger partial charge >= 0.3 is 26.2 Å². The van der Waals surface area contributed by atoms with Gasteiger partial charge in [-0.2, -0.15) is 0 Å². The fourth-order valence-corrected chi connectivity index (χ4v) is 3.81. The van der Waals surface area contributed by atoms with Crippen molar-refractivity contribution in [1.82, 2.24) is 0 Å². The molecule has 0 aliphatic carbocycles. The average Bonchev–Trinajstić information content (AvgIpc) is 2.88. The van der Waals surface area contributed by atoms with Crippen molar-refractivity contribution in [3.05, 3.63) is 119 Å². The summed E-state index contributed by atoms with van der Waals surface area (Å²) in [5, 5.41) is 24.7. The maximum Gasteiger partial charge on any atom is 4.00 e. The molecule has 4 aromatic rings. The van der Waals surface area contributed by atoms with E-state index in [0.717, 1.165) is 22.5 Å². The van der Waals surface area contributed by atoms with Gasteiger partial charge in [0, 0.05) is 12.4 Å². The van der Waals surface area contributed by atoms with Crippen LogP contribution in [0.15, 0.2) is 107 Å². The van der Waals surface area contributed by atoms with Gasteiger partial charge in [-0.3, -0.25) is 9.98 Å². The molecule has 0 heterocycles. The minimum atomic E-state index is -0.145. The number of hydrogen-bond acceptors (Lipinski definition) is 4. The molecule has 0 atom stereocenters. The summed E-state index contributed by atoms with van der Waals surface area (Å²) in [6.07, 6.45) is 3.29. The van der Waals surface area contributed by atoms with Crippen molar-refractivity contribution in [2.24, 2.45) is 9.98 Å². The fraction of sp³-hybridized carbons (Fsp3) is 0.235. The molecule has 4 rings (SSSR count). The van der Waals surface area contributed by atoms with Gasteiger partial charge < -0.3 is 35.0 Å². The van der Waals surface area contributed by atoms with Crippen LogP contribution in [0.4, 0.5) is 11.4 Å². The predicted octanol–water partition coefficient (Wildman–Crippen LogP) is 1.62. The Balaban J connectivity index is 0.000000727. The van der Waals surface area contributed by atoms with Crippen LogP contribution < -0.4 is 35.0 Å². The molecule has 7 heteroatoms. The molecule has 0 radical (unpaired) electrons. The van der Waals surface area contributed by atoms with Crippen molar-refractivity contribution < 1.29 is 61.2 Å². The second-order valence-corrected chi connectivity index (χ2v) is 11.1. The van der Waals surface area contributed by atoms with Crippen molar-refractivity contribution in [3.63, 3.8) is 0 Å². The molecule has 0 aliphatic rings. The first kappa shape index (κ1) is 38.3. The maximum absolute atomic E-state index is 12.3. The number of rotatable bonds is 4. The van der Waals surface area contributed by atoms with E-state index in [0.29, 0.717) is 11.1 Å². The van der Waals surface area contributed by atoms with Crippen molar-refractivity contribution >= 4 is 23.8 Å². The number of halogens is 2. The van der Waals surface area contributed by atoms with E-state index in [9.17, 15) is 10.2 Å². The summed E-state index contributed by atoms with van der Waals surface area (Å²) in [4.78, 5) is 8.67. The van der Waals surface area contributed by atoms with Crippen LogP contribution >= 0.6 is 0 Å². The first-order valence-electron chi connectivity index (χ1n) is 12.8. The molecule has 0 bridgehead atoms. The van der Waals surface area contributed by atoms with Gasteiger partial charge in [0.25, 0.3) is 0 Å². The van der Waals surface area contributed by atoms with Crippen LogP contribution in [0, 0.1) is 0 Å². The van der Waals surface area contributed by atoms with Gasteiger partial charge in [0.15, 0.2) is 0 Å². The van der Waals surface area contributed by atoms with Crippen LogP contribution in [0.25, 0.3) is 0 Å². The number of aliphatic imine (C=N–C) groups is 2. The summed E-state index contributed by atoms with van der Waals surface area (Å²) in [5.41, 5.74) is 4.33. The Labute approximate surface area is 276 Å². The molecule has 0 unspecified atom stereocenters. The van der Waals surface area contributed by atoms with Crippen LogP contribution in [0.2, 0.25) is 0 Å². The van der Waals surface area contributed by atoms with E-state index in [1.807, 2.05) is 139 Å². The molecule has 0 saturated carbocycles. The van der Waals surface area contributed by atoms with Crippen molar-refractivity contribution in [2.45, 2.75) is 52.4 Å². The Hall–Kier alpha value is -2.72. The fourth-order valence-electron chi connectivity index (χ4n) is 3.81. The third-order valence-electron chi connectivity index (χ3n) is 5.92. The molecule has 0 N–H and O–H groups in total. The zero-order valence-corrected chi connectivity index (χ0v) is 28.3. The van der Waals surface area contributed by atoms with Gasteiger partial charge in [0.1, 0.15) is 0 Å². The van der Waals surface area contributed by atoms with Gasteiger partial charge in [0.2, 0.25) is 0 Å². The van der Waals surface area contributed by atoms with Gasteiger partial charge in [-0.05, 0) is 57.3 Å². The molecule has 41 heavy (non-hydrogen) atoms. The Kier molecular flexibility index (Phi) is 16.1. The number of hydrogen-bond donors (Lipinski definition) is 0. The van der Waals surface area contributed by atoms with E-state index >= 15 is 0 Å². The standard InChI is InChI=1S/2C17H19NO.2ClH.Zr/c2*1-17(2,3)15-11-7-8-13(16(15)19)12-18-14-9-5-4-6-10-14;;;/h2*4-12,19H,1-3H3;2*1H;/q;;;;+4/p-4. The van der Waals surface area contributed by atoms with Gasteiger partial charge in [-0.1, -0.05) is 126 Å². The average molecular weight is 667 g/mol. The monoisotopic (exact) mass is 664 g/mol. The predicted molar refractivity (Wildman–Crippen MR) is 157 cm³/mol. The summed E-state index contributed by atoms with van der Waals surface area (Å²) >= 11 is 0. The molecule has 4 nitrogen and oxygen atoms in total. The first-order chi connectivity index (χ1) is 18.0. The van der Waals surface area contributed by atoms with Crippen LogP contribution in [-0.4, -0.2) is 12.4 Å². The largest absolute Gasteiger partial charge is 4.00 e. The van der Waals surface area contributed by atoms with Gasteiger partial charge in [-0.15, -0.1) is 0 Å². The normalized spacial score (nSPS) is 11.1. The molecule has 0 amide bonds. The zero-order valence-electron chi connectivity index (χ0n) is 24.4. The van der Waals surface area contributed by atoms with E-state index in [4.69, 9.17) is 0 Å². The summed E-state index contributed by atoms with van der Waals surface area (Å²) in [6.45, 7) is 12.3. The third kappa shape index (κ3) is 11.6. The molecule has 212 valence electrons. The maximum atomic E-state index is 12.3.